The largest absolute Gasteiger partial charge is 0.369 e. The van der Waals surface area contributed by atoms with Gasteiger partial charge in [-0.25, -0.2) is 0 Å². The van der Waals surface area contributed by atoms with Crippen molar-refractivity contribution in [1.29, 1.82) is 0 Å². The second-order valence-electron chi connectivity index (χ2n) is 6.04. The summed E-state index contributed by atoms with van der Waals surface area (Å²) in [7, 11) is 0. The van der Waals surface area contributed by atoms with Crippen LogP contribution in [0.3, 0.4) is 0 Å². The molecule has 0 aliphatic heterocycles. The highest BCUT2D eigenvalue weighted by Gasteiger charge is 2.08. The summed E-state index contributed by atoms with van der Waals surface area (Å²) in [5, 5.41) is 0. The average molecular weight is 238 g/mol. The molecule has 0 atom stereocenters. The standard InChI is InChI=1S/C16H30O/c1-5-14-17-15-12-10-8-6-7-9-11-13-16(2,3)4/h1H,6-15H2,2-4H3. The van der Waals surface area contributed by atoms with Crippen molar-refractivity contribution in [1.82, 2.24) is 0 Å². The van der Waals surface area contributed by atoms with Crippen molar-refractivity contribution in [3.8, 4) is 12.3 Å². The number of hydrogen-bond acceptors (Lipinski definition) is 1. The van der Waals surface area contributed by atoms with Crippen LogP contribution in [0.15, 0.2) is 0 Å². The lowest BCUT2D eigenvalue weighted by atomic mass is 9.89. The zero-order valence-corrected chi connectivity index (χ0v) is 12.1. The quantitative estimate of drug-likeness (QED) is 0.392. The highest BCUT2D eigenvalue weighted by Crippen LogP contribution is 2.22. The van der Waals surface area contributed by atoms with Gasteiger partial charge in [0.1, 0.15) is 6.61 Å². The van der Waals surface area contributed by atoms with Gasteiger partial charge >= 0.3 is 0 Å². The summed E-state index contributed by atoms with van der Waals surface area (Å²) in [6.07, 6.45) is 15.8. The molecule has 0 bridgehead atoms. The molecule has 0 aliphatic carbocycles. The van der Waals surface area contributed by atoms with Crippen molar-refractivity contribution in [2.24, 2.45) is 5.41 Å². The zero-order valence-electron chi connectivity index (χ0n) is 12.1. The van der Waals surface area contributed by atoms with Crippen LogP contribution < -0.4 is 0 Å². The smallest absolute Gasteiger partial charge is 0.107 e. The maximum Gasteiger partial charge on any atom is 0.107 e. The summed E-state index contributed by atoms with van der Waals surface area (Å²) in [6.45, 7) is 8.26. The van der Waals surface area contributed by atoms with Gasteiger partial charge in [-0.15, -0.1) is 6.42 Å². The summed E-state index contributed by atoms with van der Waals surface area (Å²) < 4.78 is 5.23. The van der Waals surface area contributed by atoms with E-state index < -0.39 is 0 Å². The Kier molecular flexibility index (Phi) is 10.4. The molecule has 0 N–H and O–H groups in total. The Balaban J connectivity index is 3.02. The van der Waals surface area contributed by atoms with Gasteiger partial charge in [0, 0.05) is 6.61 Å². The number of ether oxygens (including phenoxy) is 1. The number of unbranched alkanes of at least 4 members (excludes halogenated alkanes) is 6. The van der Waals surface area contributed by atoms with Crippen LogP contribution in [-0.4, -0.2) is 13.2 Å². The maximum atomic E-state index is 5.23. The van der Waals surface area contributed by atoms with E-state index in [1.807, 2.05) is 0 Å². The van der Waals surface area contributed by atoms with Crippen molar-refractivity contribution in [3.63, 3.8) is 0 Å². The average Bonchev–Trinajstić information content (AvgIpc) is 2.24. The summed E-state index contributed by atoms with van der Waals surface area (Å²) >= 11 is 0. The third-order valence-electron chi connectivity index (χ3n) is 2.90. The molecule has 0 aromatic rings. The van der Waals surface area contributed by atoms with Crippen LogP contribution in [0.4, 0.5) is 0 Å². The van der Waals surface area contributed by atoms with Gasteiger partial charge in [0.05, 0.1) is 0 Å². The van der Waals surface area contributed by atoms with Gasteiger partial charge in [0.15, 0.2) is 0 Å². The summed E-state index contributed by atoms with van der Waals surface area (Å²) in [5.74, 6) is 2.48. The molecular formula is C16H30O. The van der Waals surface area contributed by atoms with Crippen molar-refractivity contribution in [2.45, 2.75) is 72.1 Å². The van der Waals surface area contributed by atoms with E-state index in [9.17, 15) is 0 Å². The van der Waals surface area contributed by atoms with E-state index in [1.54, 1.807) is 0 Å². The number of hydrogen-bond donors (Lipinski definition) is 0. The molecule has 1 nitrogen and oxygen atoms in total. The molecule has 0 aromatic carbocycles. The molecule has 0 heterocycles. The molecule has 0 saturated carbocycles. The van der Waals surface area contributed by atoms with E-state index in [2.05, 4.69) is 26.7 Å². The second-order valence-corrected chi connectivity index (χ2v) is 6.04. The first-order valence-electron chi connectivity index (χ1n) is 7.07. The minimum atomic E-state index is 0.465. The highest BCUT2D eigenvalue weighted by atomic mass is 16.5. The van der Waals surface area contributed by atoms with Gasteiger partial charge in [-0.2, -0.15) is 0 Å². The SMILES string of the molecule is C#CCOCCCCCCCCCC(C)(C)C. The monoisotopic (exact) mass is 238 g/mol. The molecule has 0 radical (unpaired) electrons. The van der Waals surface area contributed by atoms with Crippen LogP contribution in [0, 0.1) is 17.8 Å². The number of terminal acetylenes is 1. The first-order chi connectivity index (χ1) is 8.06. The highest BCUT2D eigenvalue weighted by molar-refractivity contribution is 4.82. The third kappa shape index (κ3) is 15.5. The summed E-state index contributed by atoms with van der Waals surface area (Å²) in [5.41, 5.74) is 0.508. The minimum absolute atomic E-state index is 0.465. The Morgan fingerprint density at radius 3 is 1.94 bits per heavy atom. The first-order valence-corrected chi connectivity index (χ1v) is 7.07. The summed E-state index contributed by atoms with van der Waals surface area (Å²) in [6, 6.07) is 0. The van der Waals surface area contributed by atoms with Crippen molar-refractivity contribution >= 4 is 0 Å². The Hall–Kier alpha value is -0.480. The van der Waals surface area contributed by atoms with E-state index >= 15 is 0 Å². The maximum absolute atomic E-state index is 5.23. The molecule has 0 aromatic heterocycles. The molecule has 0 aliphatic rings. The molecule has 100 valence electrons. The lowest BCUT2D eigenvalue weighted by Gasteiger charge is -2.17. The van der Waals surface area contributed by atoms with Gasteiger partial charge in [0.25, 0.3) is 0 Å². The molecule has 1 heteroatoms. The lowest BCUT2D eigenvalue weighted by Crippen LogP contribution is -2.03. The van der Waals surface area contributed by atoms with E-state index in [-0.39, 0.29) is 0 Å². The van der Waals surface area contributed by atoms with Gasteiger partial charge < -0.3 is 4.74 Å². The fourth-order valence-corrected chi connectivity index (χ4v) is 1.87. The minimum Gasteiger partial charge on any atom is -0.369 e. The molecule has 0 unspecified atom stereocenters. The molecule has 0 fully saturated rings. The Bertz CT molecular complexity index is 195. The Morgan fingerprint density at radius 2 is 1.41 bits per heavy atom. The predicted molar refractivity (Wildman–Crippen MR) is 76.0 cm³/mol. The third-order valence-corrected chi connectivity index (χ3v) is 2.90. The van der Waals surface area contributed by atoms with Gasteiger partial charge in [-0.1, -0.05) is 65.2 Å². The number of rotatable bonds is 10. The topological polar surface area (TPSA) is 9.23 Å². The lowest BCUT2D eigenvalue weighted by molar-refractivity contribution is 0.162. The van der Waals surface area contributed by atoms with Crippen molar-refractivity contribution in [2.75, 3.05) is 13.2 Å². The predicted octanol–water partition coefficient (Wildman–Crippen LogP) is 4.80. The van der Waals surface area contributed by atoms with Crippen LogP contribution in [0.1, 0.15) is 72.1 Å². The van der Waals surface area contributed by atoms with E-state index in [1.165, 1.54) is 44.9 Å². The molecule has 0 saturated heterocycles. The second kappa shape index (κ2) is 10.7. The normalized spacial score (nSPS) is 11.4. The van der Waals surface area contributed by atoms with Crippen molar-refractivity contribution in [3.05, 3.63) is 0 Å². The fourth-order valence-electron chi connectivity index (χ4n) is 1.87. The first kappa shape index (κ1) is 16.5. The molecular weight excluding hydrogens is 208 g/mol. The zero-order chi connectivity index (χ0) is 13.0. The molecule has 17 heavy (non-hydrogen) atoms. The molecule has 0 spiro atoms. The van der Waals surface area contributed by atoms with E-state index in [0.717, 1.165) is 13.0 Å². The van der Waals surface area contributed by atoms with Crippen LogP contribution in [0.5, 0.6) is 0 Å². The Morgan fingerprint density at radius 1 is 0.882 bits per heavy atom. The van der Waals surface area contributed by atoms with Crippen LogP contribution in [-0.2, 0) is 4.74 Å². The van der Waals surface area contributed by atoms with E-state index in [4.69, 9.17) is 11.2 Å². The van der Waals surface area contributed by atoms with Crippen molar-refractivity contribution < 1.29 is 4.74 Å². The van der Waals surface area contributed by atoms with Gasteiger partial charge in [-0.3, -0.25) is 0 Å². The Labute approximate surface area is 108 Å². The van der Waals surface area contributed by atoms with E-state index in [0.29, 0.717) is 12.0 Å². The fraction of sp³-hybridized carbons (Fsp3) is 0.875. The molecule has 0 rings (SSSR count). The van der Waals surface area contributed by atoms with Crippen LogP contribution in [0.25, 0.3) is 0 Å². The summed E-state index contributed by atoms with van der Waals surface area (Å²) in [4.78, 5) is 0. The van der Waals surface area contributed by atoms with Gasteiger partial charge in [0.2, 0.25) is 0 Å². The van der Waals surface area contributed by atoms with Gasteiger partial charge in [-0.05, 0) is 18.3 Å². The van der Waals surface area contributed by atoms with Crippen LogP contribution >= 0.6 is 0 Å². The van der Waals surface area contributed by atoms with Crippen LogP contribution in [0.2, 0.25) is 0 Å². The molecule has 0 amide bonds.